The van der Waals surface area contributed by atoms with E-state index >= 15 is 0 Å². The molecule has 0 saturated heterocycles. The van der Waals surface area contributed by atoms with Gasteiger partial charge in [0.15, 0.2) is 11.8 Å². The van der Waals surface area contributed by atoms with Gasteiger partial charge in [-0.15, -0.1) is 10.2 Å². The maximum Gasteiger partial charge on any atom is 0.194 e. The second-order valence-corrected chi connectivity index (χ2v) is 6.50. The zero-order chi connectivity index (χ0) is 18.2. The maximum absolute atomic E-state index is 6.29. The molecule has 0 spiro atoms. The Morgan fingerprint density at radius 1 is 1.32 bits per heavy atom. The molecule has 6 nitrogen and oxygen atoms in total. The summed E-state index contributed by atoms with van der Waals surface area (Å²) < 4.78 is 1.96. The van der Waals surface area contributed by atoms with Crippen LogP contribution in [0.15, 0.2) is 29.3 Å². The molecular formula is C18H27ClN6. The van der Waals surface area contributed by atoms with Crippen molar-refractivity contribution < 1.29 is 0 Å². The average Bonchev–Trinajstić information content (AvgIpc) is 2.92. The SMILES string of the molecule is CCCCNC(=NCc1nnc(C)n1C)N(C)Cc1ccccc1Cl. The first-order chi connectivity index (χ1) is 12.0. The van der Waals surface area contributed by atoms with E-state index in [0.29, 0.717) is 13.1 Å². The van der Waals surface area contributed by atoms with Crippen LogP contribution < -0.4 is 5.32 Å². The van der Waals surface area contributed by atoms with Gasteiger partial charge in [0, 0.05) is 32.2 Å². The summed E-state index contributed by atoms with van der Waals surface area (Å²) in [4.78, 5) is 6.81. The Morgan fingerprint density at radius 3 is 2.72 bits per heavy atom. The number of halogens is 1. The number of aryl methyl sites for hydroxylation is 1. The van der Waals surface area contributed by atoms with Gasteiger partial charge < -0.3 is 14.8 Å². The van der Waals surface area contributed by atoms with E-state index in [1.54, 1.807) is 0 Å². The predicted molar refractivity (Wildman–Crippen MR) is 103 cm³/mol. The number of nitrogens with zero attached hydrogens (tertiary/aromatic N) is 5. The van der Waals surface area contributed by atoms with Crippen LogP contribution >= 0.6 is 11.6 Å². The Bertz CT molecular complexity index is 709. The van der Waals surface area contributed by atoms with E-state index in [1.165, 1.54) is 0 Å². The Morgan fingerprint density at radius 2 is 2.08 bits per heavy atom. The molecule has 0 radical (unpaired) electrons. The fourth-order valence-corrected chi connectivity index (χ4v) is 2.58. The molecule has 0 aliphatic rings. The van der Waals surface area contributed by atoms with E-state index < -0.39 is 0 Å². The Labute approximate surface area is 154 Å². The Kier molecular flexibility index (Phi) is 7.25. The van der Waals surface area contributed by atoms with Gasteiger partial charge in [0.25, 0.3) is 0 Å². The van der Waals surface area contributed by atoms with Crippen molar-refractivity contribution in [2.24, 2.45) is 12.0 Å². The summed E-state index contributed by atoms with van der Waals surface area (Å²) in [6.07, 6.45) is 2.24. The third-order valence-corrected chi connectivity index (χ3v) is 4.46. The van der Waals surface area contributed by atoms with Crippen molar-refractivity contribution in [3.05, 3.63) is 46.5 Å². The number of aliphatic imine (C=N–C) groups is 1. The van der Waals surface area contributed by atoms with Crippen molar-refractivity contribution in [2.45, 2.75) is 39.8 Å². The van der Waals surface area contributed by atoms with Crippen LogP contribution in [-0.2, 0) is 20.1 Å². The molecule has 0 amide bonds. The highest BCUT2D eigenvalue weighted by molar-refractivity contribution is 6.31. The van der Waals surface area contributed by atoms with Gasteiger partial charge in [-0.1, -0.05) is 43.1 Å². The first kappa shape index (κ1) is 19.2. The molecule has 2 rings (SSSR count). The highest BCUT2D eigenvalue weighted by Gasteiger charge is 2.10. The zero-order valence-electron chi connectivity index (χ0n) is 15.5. The van der Waals surface area contributed by atoms with Gasteiger partial charge in [0.05, 0.1) is 0 Å². The molecule has 0 aliphatic heterocycles. The van der Waals surface area contributed by atoms with E-state index in [-0.39, 0.29) is 0 Å². The van der Waals surface area contributed by atoms with Crippen molar-refractivity contribution >= 4 is 17.6 Å². The number of aromatic nitrogens is 3. The van der Waals surface area contributed by atoms with Gasteiger partial charge in [-0.2, -0.15) is 0 Å². The lowest BCUT2D eigenvalue weighted by molar-refractivity contribution is 0.472. The number of hydrogen-bond donors (Lipinski definition) is 1. The molecule has 7 heteroatoms. The highest BCUT2D eigenvalue weighted by atomic mass is 35.5. The van der Waals surface area contributed by atoms with E-state index in [9.17, 15) is 0 Å². The summed E-state index contributed by atoms with van der Waals surface area (Å²) >= 11 is 6.29. The number of guanidine groups is 1. The van der Waals surface area contributed by atoms with Crippen molar-refractivity contribution in [1.29, 1.82) is 0 Å². The minimum Gasteiger partial charge on any atom is -0.356 e. The van der Waals surface area contributed by atoms with Crippen molar-refractivity contribution in [1.82, 2.24) is 25.0 Å². The summed E-state index contributed by atoms with van der Waals surface area (Å²) in [7, 11) is 3.97. The average molecular weight is 363 g/mol. The fraction of sp³-hybridized carbons (Fsp3) is 0.500. The van der Waals surface area contributed by atoms with Crippen LogP contribution in [-0.4, -0.2) is 39.2 Å². The smallest absolute Gasteiger partial charge is 0.194 e. The molecule has 0 aliphatic carbocycles. The second kappa shape index (κ2) is 9.42. The summed E-state index contributed by atoms with van der Waals surface area (Å²) in [6, 6.07) is 7.89. The Hall–Kier alpha value is -2.08. The van der Waals surface area contributed by atoms with E-state index in [1.807, 2.05) is 49.9 Å². The highest BCUT2D eigenvalue weighted by Crippen LogP contribution is 2.16. The topological polar surface area (TPSA) is 58.3 Å². The number of rotatable bonds is 7. The summed E-state index contributed by atoms with van der Waals surface area (Å²) in [6.45, 7) is 6.17. The number of unbranched alkanes of at least 4 members (excludes halogenated alkanes) is 1. The monoisotopic (exact) mass is 362 g/mol. The molecule has 0 saturated carbocycles. The normalized spacial score (nSPS) is 11.6. The molecule has 2 aromatic rings. The molecule has 1 aromatic heterocycles. The summed E-state index contributed by atoms with van der Waals surface area (Å²) in [5.41, 5.74) is 1.08. The zero-order valence-corrected chi connectivity index (χ0v) is 16.2. The molecule has 0 atom stereocenters. The second-order valence-electron chi connectivity index (χ2n) is 6.09. The van der Waals surface area contributed by atoms with Crippen LogP contribution in [0.2, 0.25) is 5.02 Å². The first-order valence-corrected chi connectivity index (χ1v) is 8.98. The minimum absolute atomic E-state index is 0.485. The minimum atomic E-state index is 0.485. The van der Waals surface area contributed by atoms with Crippen LogP contribution in [0.3, 0.4) is 0 Å². The van der Waals surface area contributed by atoms with Crippen molar-refractivity contribution in [2.75, 3.05) is 13.6 Å². The van der Waals surface area contributed by atoms with Crippen LogP contribution in [0.25, 0.3) is 0 Å². The number of benzene rings is 1. The van der Waals surface area contributed by atoms with Gasteiger partial charge in [0.2, 0.25) is 0 Å². The van der Waals surface area contributed by atoms with Gasteiger partial charge in [-0.25, -0.2) is 4.99 Å². The molecule has 136 valence electrons. The van der Waals surface area contributed by atoms with Gasteiger partial charge in [0.1, 0.15) is 12.4 Å². The van der Waals surface area contributed by atoms with Crippen LogP contribution in [0.1, 0.15) is 37.0 Å². The maximum atomic E-state index is 6.29. The fourth-order valence-electron chi connectivity index (χ4n) is 2.38. The third kappa shape index (κ3) is 5.46. The van der Waals surface area contributed by atoms with E-state index in [0.717, 1.165) is 47.6 Å². The molecule has 1 aromatic carbocycles. The Balaban J connectivity index is 2.11. The van der Waals surface area contributed by atoms with E-state index in [4.69, 9.17) is 16.6 Å². The molecule has 1 N–H and O–H groups in total. The van der Waals surface area contributed by atoms with E-state index in [2.05, 4.69) is 27.3 Å². The van der Waals surface area contributed by atoms with Crippen LogP contribution in [0, 0.1) is 6.92 Å². The van der Waals surface area contributed by atoms with Gasteiger partial charge in [-0.3, -0.25) is 0 Å². The summed E-state index contributed by atoms with van der Waals surface area (Å²) in [5, 5.41) is 12.5. The quantitative estimate of drug-likeness (QED) is 0.467. The molecule has 25 heavy (non-hydrogen) atoms. The van der Waals surface area contributed by atoms with Crippen molar-refractivity contribution in [3.8, 4) is 0 Å². The third-order valence-electron chi connectivity index (χ3n) is 4.09. The first-order valence-electron chi connectivity index (χ1n) is 8.60. The standard InChI is InChI=1S/C18H27ClN6/c1-5-6-11-20-18(21-12-17-23-22-14(2)25(17)4)24(3)13-15-9-7-8-10-16(15)19/h7-10H,5-6,11-13H2,1-4H3,(H,20,21). The van der Waals surface area contributed by atoms with Gasteiger partial charge in [-0.05, 0) is 25.0 Å². The lowest BCUT2D eigenvalue weighted by Crippen LogP contribution is -2.39. The van der Waals surface area contributed by atoms with Crippen LogP contribution in [0.4, 0.5) is 0 Å². The molecule has 0 bridgehead atoms. The lowest BCUT2D eigenvalue weighted by atomic mass is 10.2. The van der Waals surface area contributed by atoms with Crippen molar-refractivity contribution in [3.63, 3.8) is 0 Å². The molecule has 0 fully saturated rings. The summed E-state index contributed by atoms with van der Waals surface area (Å²) in [5.74, 6) is 2.57. The lowest BCUT2D eigenvalue weighted by Gasteiger charge is -2.23. The predicted octanol–water partition coefficient (Wildman–Crippen LogP) is 3.15. The van der Waals surface area contributed by atoms with Crippen LogP contribution in [0.5, 0.6) is 0 Å². The molecule has 0 unspecified atom stereocenters. The number of nitrogens with one attached hydrogen (secondary N) is 1. The van der Waals surface area contributed by atoms with Gasteiger partial charge >= 0.3 is 0 Å². The molecule has 1 heterocycles. The largest absolute Gasteiger partial charge is 0.356 e. The number of hydrogen-bond acceptors (Lipinski definition) is 3. The molecular weight excluding hydrogens is 336 g/mol.